The van der Waals surface area contributed by atoms with Crippen molar-refractivity contribution >= 4 is 17.4 Å². The Hall–Kier alpha value is -2.42. The second-order valence-electron chi connectivity index (χ2n) is 3.74. The van der Waals surface area contributed by atoms with E-state index in [4.69, 9.17) is 10.5 Å². The Bertz CT molecular complexity index is 537. The molecule has 0 saturated heterocycles. The summed E-state index contributed by atoms with van der Waals surface area (Å²) in [7, 11) is 1.11. The van der Waals surface area contributed by atoms with Gasteiger partial charge in [0.05, 0.1) is 30.9 Å². The number of ether oxygens (including phenoxy) is 2. The molecule has 0 saturated carbocycles. The van der Waals surface area contributed by atoms with Crippen LogP contribution < -0.4 is 5.73 Å². The molecule has 0 aliphatic carbocycles. The van der Waals surface area contributed by atoms with Gasteiger partial charge in [0.15, 0.2) is 5.69 Å². The van der Waals surface area contributed by atoms with Gasteiger partial charge in [0.25, 0.3) is 0 Å². The molecule has 9 nitrogen and oxygen atoms in total. The number of nitrogens with two attached hydrogens (primary N) is 1. The van der Waals surface area contributed by atoms with Crippen LogP contribution in [0.15, 0.2) is 6.58 Å². The molecule has 0 aliphatic heterocycles. The topological polar surface area (TPSA) is 123 Å². The highest BCUT2D eigenvalue weighted by molar-refractivity contribution is 5.94. The van der Waals surface area contributed by atoms with Crippen LogP contribution >= 0.6 is 0 Å². The van der Waals surface area contributed by atoms with Crippen molar-refractivity contribution in [2.24, 2.45) is 5.73 Å². The van der Waals surface area contributed by atoms with Gasteiger partial charge in [-0.2, -0.15) is 5.10 Å². The third-order valence-corrected chi connectivity index (χ3v) is 2.44. The largest absolute Gasteiger partial charge is 0.464 e. The van der Waals surface area contributed by atoms with Crippen molar-refractivity contribution in [1.29, 1.82) is 0 Å². The number of hydrogen-bond donors (Lipinski definition) is 1. The second-order valence-corrected chi connectivity index (χ2v) is 3.74. The summed E-state index contributed by atoms with van der Waals surface area (Å²) in [6.45, 7) is 6.26. The Balaban J connectivity index is 3.33. The van der Waals surface area contributed by atoms with E-state index in [9.17, 15) is 14.9 Å². The zero-order valence-electron chi connectivity index (χ0n) is 11.3. The molecule has 2 N–H and O–H groups in total. The molecular formula is C11H16N4O5. The molecule has 1 aromatic heterocycles. The molecule has 0 fully saturated rings. The lowest BCUT2D eigenvalue weighted by molar-refractivity contribution is -0.385. The number of hydrogen-bond acceptors (Lipinski definition) is 7. The molecule has 20 heavy (non-hydrogen) atoms. The Morgan fingerprint density at radius 3 is 2.70 bits per heavy atom. The number of carbonyl (C=O) groups excluding carboxylic acids is 1. The first-order chi connectivity index (χ1) is 9.43. The zero-order chi connectivity index (χ0) is 15.3. The molecule has 110 valence electrons. The van der Waals surface area contributed by atoms with E-state index in [0.29, 0.717) is 6.61 Å². The molecule has 1 heterocycles. The molecule has 0 bridgehead atoms. The van der Waals surface area contributed by atoms with Gasteiger partial charge in [-0.1, -0.05) is 6.58 Å². The summed E-state index contributed by atoms with van der Waals surface area (Å²) < 4.78 is 10.9. The lowest BCUT2D eigenvalue weighted by atomic mass is 10.2. The number of methoxy groups -OCH3 is 1. The number of nitrogens with zero attached hydrogens (tertiary/aromatic N) is 3. The van der Waals surface area contributed by atoms with Gasteiger partial charge in [-0.3, -0.25) is 14.8 Å². The van der Waals surface area contributed by atoms with Crippen molar-refractivity contribution in [3.05, 3.63) is 28.1 Å². The van der Waals surface area contributed by atoms with Crippen LogP contribution in [-0.2, 0) is 16.0 Å². The summed E-state index contributed by atoms with van der Waals surface area (Å²) in [4.78, 5) is 21.9. The van der Waals surface area contributed by atoms with E-state index in [2.05, 4.69) is 16.4 Å². The van der Waals surface area contributed by atoms with Gasteiger partial charge in [0.2, 0.25) is 5.69 Å². The van der Waals surface area contributed by atoms with Crippen LogP contribution in [0, 0.1) is 10.1 Å². The highest BCUT2D eigenvalue weighted by atomic mass is 16.6. The second kappa shape index (κ2) is 6.66. The summed E-state index contributed by atoms with van der Waals surface area (Å²) in [6.07, 6.45) is 0. The smallest absolute Gasteiger partial charge is 0.365 e. The lowest BCUT2D eigenvalue weighted by Gasteiger charge is -2.05. The Morgan fingerprint density at radius 2 is 2.25 bits per heavy atom. The van der Waals surface area contributed by atoms with Crippen LogP contribution in [0.2, 0.25) is 0 Å². The van der Waals surface area contributed by atoms with Crippen molar-refractivity contribution < 1.29 is 19.2 Å². The summed E-state index contributed by atoms with van der Waals surface area (Å²) in [6, 6.07) is 0. The molecule has 1 aromatic rings. The third kappa shape index (κ3) is 3.12. The fourth-order valence-electron chi connectivity index (χ4n) is 1.63. The maximum Gasteiger partial charge on any atom is 0.365 e. The minimum atomic E-state index is -0.908. The Morgan fingerprint density at radius 1 is 1.60 bits per heavy atom. The maximum atomic E-state index is 11.6. The molecule has 0 amide bonds. The van der Waals surface area contributed by atoms with Crippen LogP contribution in [-0.4, -0.2) is 41.0 Å². The first-order valence-electron chi connectivity index (χ1n) is 5.80. The first kappa shape index (κ1) is 15.6. The molecule has 0 unspecified atom stereocenters. The predicted octanol–water partition coefficient (Wildman–Crippen LogP) is 0.544. The van der Waals surface area contributed by atoms with Crippen LogP contribution in [0.3, 0.4) is 0 Å². The summed E-state index contributed by atoms with van der Waals surface area (Å²) in [5.41, 5.74) is 4.56. The minimum absolute atomic E-state index is 0.0184. The van der Waals surface area contributed by atoms with E-state index in [1.54, 1.807) is 0 Å². The predicted molar refractivity (Wildman–Crippen MR) is 69.9 cm³/mol. The Labute approximate surface area is 115 Å². The van der Waals surface area contributed by atoms with Crippen molar-refractivity contribution in [2.75, 3.05) is 20.3 Å². The number of rotatable bonds is 7. The SMILES string of the molecule is C=C(N)c1c([N+](=O)[O-])c(C(=O)OC)nn1CCOCC. The summed E-state index contributed by atoms with van der Waals surface area (Å²) in [5.74, 6) is -0.908. The van der Waals surface area contributed by atoms with E-state index in [-0.39, 0.29) is 24.5 Å². The van der Waals surface area contributed by atoms with Gasteiger partial charge in [-0.25, -0.2) is 4.79 Å². The fourth-order valence-corrected chi connectivity index (χ4v) is 1.63. The monoisotopic (exact) mass is 284 g/mol. The van der Waals surface area contributed by atoms with Crippen LogP contribution in [0.25, 0.3) is 5.70 Å². The molecule has 9 heteroatoms. The number of esters is 1. The quantitative estimate of drug-likeness (QED) is 0.335. The average molecular weight is 284 g/mol. The highest BCUT2D eigenvalue weighted by Crippen LogP contribution is 2.27. The fraction of sp³-hybridized carbons (Fsp3) is 0.455. The van der Waals surface area contributed by atoms with Gasteiger partial charge in [0, 0.05) is 6.61 Å². The van der Waals surface area contributed by atoms with Gasteiger partial charge in [-0.05, 0) is 6.92 Å². The molecule has 1 rings (SSSR count). The van der Waals surface area contributed by atoms with Gasteiger partial charge in [0.1, 0.15) is 0 Å². The minimum Gasteiger partial charge on any atom is -0.464 e. The maximum absolute atomic E-state index is 11.6. The first-order valence-corrected chi connectivity index (χ1v) is 5.80. The zero-order valence-corrected chi connectivity index (χ0v) is 11.3. The van der Waals surface area contributed by atoms with Gasteiger partial charge in [-0.15, -0.1) is 0 Å². The van der Waals surface area contributed by atoms with Gasteiger partial charge >= 0.3 is 11.7 Å². The van der Waals surface area contributed by atoms with Gasteiger partial charge < -0.3 is 15.2 Å². The number of aromatic nitrogens is 2. The number of carbonyl (C=O) groups is 1. The highest BCUT2D eigenvalue weighted by Gasteiger charge is 2.33. The van der Waals surface area contributed by atoms with E-state index in [1.807, 2.05) is 6.92 Å². The van der Waals surface area contributed by atoms with Crippen molar-refractivity contribution in [3.8, 4) is 0 Å². The van der Waals surface area contributed by atoms with Crippen LogP contribution in [0.5, 0.6) is 0 Å². The van der Waals surface area contributed by atoms with Crippen molar-refractivity contribution in [3.63, 3.8) is 0 Å². The van der Waals surface area contributed by atoms with E-state index >= 15 is 0 Å². The summed E-state index contributed by atoms with van der Waals surface area (Å²) >= 11 is 0. The van der Waals surface area contributed by atoms with Crippen molar-refractivity contribution in [1.82, 2.24) is 9.78 Å². The van der Waals surface area contributed by atoms with E-state index < -0.39 is 22.3 Å². The number of nitro groups is 1. The van der Waals surface area contributed by atoms with Crippen LogP contribution in [0.4, 0.5) is 5.69 Å². The normalized spacial score (nSPS) is 10.3. The third-order valence-electron chi connectivity index (χ3n) is 2.44. The van der Waals surface area contributed by atoms with E-state index in [1.165, 1.54) is 4.68 Å². The lowest BCUT2D eigenvalue weighted by Crippen LogP contribution is -2.13. The van der Waals surface area contributed by atoms with Crippen LogP contribution in [0.1, 0.15) is 23.1 Å². The molecule has 0 aliphatic rings. The van der Waals surface area contributed by atoms with Crippen molar-refractivity contribution in [2.45, 2.75) is 13.5 Å². The summed E-state index contributed by atoms with van der Waals surface area (Å²) in [5, 5.41) is 15.0. The molecule has 0 spiro atoms. The molecule has 0 atom stereocenters. The molecule has 0 radical (unpaired) electrons. The average Bonchev–Trinajstić information content (AvgIpc) is 2.78. The van der Waals surface area contributed by atoms with E-state index in [0.717, 1.165) is 7.11 Å². The Kier molecular flexibility index (Phi) is 5.21. The standard InChI is InChI=1S/C11H16N4O5/c1-4-20-6-5-14-9(7(2)12)10(15(17)18)8(13-14)11(16)19-3/h2,4-6,12H2,1,3H3. The molecule has 0 aromatic carbocycles. The molecular weight excluding hydrogens is 268 g/mol.